The van der Waals surface area contributed by atoms with Crippen LogP contribution < -0.4 is 5.19 Å². The second kappa shape index (κ2) is 4.22. The molecule has 0 nitrogen and oxygen atoms in total. The lowest BCUT2D eigenvalue weighted by molar-refractivity contribution is 1.12. The summed E-state index contributed by atoms with van der Waals surface area (Å²) < 4.78 is 0. The standard InChI is InChI=1S/C9H11Cl3Si/c1-3-8-7(2)5-4-6-9(8)13(10,11)12/h4-6H,3H2,1-2H3. The third-order valence-corrected chi connectivity index (χ3v) is 4.98. The molecule has 0 fully saturated rings. The third-order valence-electron chi connectivity index (χ3n) is 2.07. The predicted octanol–water partition coefficient (Wildman–Crippen LogP) is 3.42. The Bertz CT molecular complexity index is 304. The van der Waals surface area contributed by atoms with Crippen LogP contribution in [-0.4, -0.2) is 6.00 Å². The van der Waals surface area contributed by atoms with Crippen LogP contribution in [0.5, 0.6) is 0 Å². The molecule has 0 heterocycles. The SMILES string of the molecule is CCc1c(C)cccc1[Si](Cl)(Cl)Cl. The van der Waals surface area contributed by atoms with Gasteiger partial charge >= 0.3 is 6.00 Å². The van der Waals surface area contributed by atoms with Crippen molar-refractivity contribution in [3.05, 3.63) is 29.3 Å². The topological polar surface area (TPSA) is 0 Å². The van der Waals surface area contributed by atoms with Crippen LogP contribution >= 0.6 is 33.2 Å². The molecule has 0 aliphatic heterocycles. The van der Waals surface area contributed by atoms with Crippen LogP contribution in [-0.2, 0) is 6.42 Å². The number of hydrogen-bond acceptors (Lipinski definition) is 0. The Labute approximate surface area is 93.9 Å². The molecular formula is C9H11Cl3Si. The van der Waals surface area contributed by atoms with Crippen molar-refractivity contribution in [2.75, 3.05) is 0 Å². The number of aryl methyl sites for hydroxylation is 1. The molecule has 72 valence electrons. The lowest BCUT2D eigenvalue weighted by Gasteiger charge is -2.15. The highest BCUT2D eigenvalue weighted by atomic mass is 35.8. The summed E-state index contributed by atoms with van der Waals surface area (Å²) in [4.78, 5) is 0. The molecule has 4 heteroatoms. The Kier molecular flexibility index (Phi) is 3.70. The highest BCUT2D eigenvalue weighted by molar-refractivity contribution is 7.69. The van der Waals surface area contributed by atoms with Crippen molar-refractivity contribution in [3.8, 4) is 0 Å². The molecular weight excluding hydrogens is 243 g/mol. The van der Waals surface area contributed by atoms with Crippen LogP contribution in [0.15, 0.2) is 18.2 Å². The van der Waals surface area contributed by atoms with Crippen molar-refractivity contribution in [1.29, 1.82) is 0 Å². The summed E-state index contributed by atoms with van der Waals surface area (Å²) in [6.45, 7) is 4.13. The van der Waals surface area contributed by atoms with Gasteiger partial charge in [0.15, 0.2) is 0 Å². The number of rotatable bonds is 2. The molecule has 0 unspecified atom stereocenters. The number of hydrogen-bond donors (Lipinski definition) is 0. The summed E-state index contributed by atoms with van der Waals surface area (Å²) in [6.07, 6.45) is 0.920. The van der Waals surface area contributed by atoms with Crippen LogP contribution in [0.3, 0.4) is 0 Å². The molecule has 0 saturated carbocycles. The molecule has 0 radical (unpaired) electrons. The summed E-state index contributed by atoms with van der Waals surface area (Å²) >= 11 is 18.0. The van der Waals surface area contributed by atoms with Gasteiger partial charge in [-0.1, -0.05) is 25.1 Å². The van der Waals surface area contributed by atoms with Crippen molar-refractivity contribution in [2.45, 2.75) is 20.3 Å². The van der Waals surface area contributed by atoms with E-state index in [9.17, 15) is 0 Å². The van der Waals surface area contributed by atoms with Crippen molar-refractivity contribution in [3.63, 3.8) is 0 Å². The fraction of sp³-hybridized carbons (Fsp3) is 0.333. The third kappa shape index (κ3) is 2.63. The van der Waals surface area contributed by atoms with Crippen LogP contribution in [0.4, 0.5) is 0 Å². The fourth-order valence-corrected chi connectivity index (χ4v) is 4.03. The van der Waals surface area contributed by atoms with Crippen molar-refractivity contribution < 1.29 is 0 Å². The smallest absolute Gasteiger partial charge is 0.121 e. The minimum Gasteiger partial charge on any atom is -0.121 e. The van der Waals surface area contributed by atoms with Crippen LogP contribution in [0.25, 0.3) is 0 Å². The fourth-order valence-electron chi connectivity index (χ4n) is 1.44. The zero-order valence-corrected chi connectivity index (χ0v) is 10.8. The Morgan fingerprint density at radius 2 is 1.85 bits per heavy atom. The van der Waals surface area contributed by atoms with E-state index in [0.717, 1.165) is 11.6 Å². The van der Waals surface area contributed by atoms with Gasteiger partial charge in [-0.15, -0.1) is 33.2 Å². The number of benzene rings is 1. The molecule has 0 aliphatic carbocycles. The first-order chi connectivity index (χ1) is 5.96. The molecule has 1 rings (SSSR count). The van der Waals surface area contributed by atoms with E-state index in [1.807, 2.05) is 25.1 Å². The number of halogens is 3. The largest absolute Gasteiger partial charge is 0.373 e. The minimum atomic E-state index is -2.71. The molecule has 0 N–H and O–H groups in total. The van der Waals surface area contributed by atoms with E-state index >= 15 is 0 Å². The van der Waals surface area contributed by atoms with Gasteiger partial charge in [0.1, 0.15) is 0 Å². The molecule has 0 bridgehead atoms. The first-order valence-electron chi connectivity index (χ1n) is 4.12. The van der Waals surface area contributed by atoms with Crippen LogP contribution in [0.2, 0.25) is 0 Å². The van der Waals surface area contributed by atoms with Gasteiger partial charge < -0.3 is 0 Å². The van der Waals surface area contributed by atoms with E-state index in [1.165, 1.54) is 11.1 Å². The molecule has 0 saturated heterocycles. The van der Waals surface area contributed by atoms with Gasteiger partial charge in [-0.2, -0.15) is 0 Å². The molecule has 1 aromatic rings. The van der Waals surface area contributed by atoms with Gasteiger partial charge in [-0.05, 0) is 29.7 Å². The summed E-state index contributed by atoms with van der Waals surface area (Å²) in [5.41, 5.74) is 2.40. The van der Waals surface area contributed by atoms with E-state index < -0.39 is 6.00 Å². The van der Waals surface area contributed by atoms with E-state index in [2.05, 4.69) is 6.92 Å². The molecule has 0 aliphatic rings. The lowest BCUT2D eigenvalue weighted by Crippen LogP contribution is -2.33. The van der Waals surface area contributed by atoms with Gasteiger partial charge in [-0.3, -0.25) is 0 Å². The summed E-state index contributed by atoms with van der Waals surface area (Å²) in [5, 5.41) is 0.931. The maximum Gasteiger partial charge on any atom is 0.373 e. The highest BCUT2D eigenvalue weighted by Crippen LogP contribution is 2.22. The summed E-state index contributed by atoms with van der Waals surface area (Å²) in [6, 6.07) is 3.20. The van der Waals surface area contributed by atoms with E-state index in [1.54, 1.807) is 0 Å². The quantitative estimate of drug-likeness (QED) is 0.560. The van der Waals surface area contributed by atoms with Gasteiger partial charge in [0.05, 0.1) is 0 Å². The van der Waals surface area contributed by atoms with E-state index in [-0.39, 0.29) is 0 Å². The minimum absolute atomic E-state index is 0.920. The van der Waals surface area contributed by atoms with Crippen LogP contribution in [0.1, 0.15) is 18.1 Å². The Hall–Kier alpha value is 0.307. The van der Waals surface area contributed by atoms with Gasteiger partial charge in [0.25, 0.3) is 0 Å². The Morgan fingerprint density at radius 1 is 1.23 bits per heavy atom. The lowest BCUT2D eigenvalue weighted by atomic mass is 10.1. The molecule has 0 spiro atoms. The first kappa shape index (κ1) is 11.4. The van der Waals surface area contributed by atoms with Crippen molar-refractivity contribution >= 4 is 44.4 Å². The summed E-state index contributed by atoms with van der Waals surface area (Å²) in [7, 11) is 0. The van der Waals surface area contributed by atoms with E-state index in [0.29, 0.717) is 0 Å². The first-order valence-corrected chi connectivity index (χ1v) is 9.16. The highest BCUT2D eigenvalue weighted by Gasteiger charge is 2.30. The molecule has 1 aromatic carbocycles. The maximum atomic E-state index is 5.98. The summed E-state index contributed by atoms with van der Waals surface area (Å²) in [5.74, 6) is 0. The Balaban J connectivity index is 3.29. The second-order valence-corrected chi connectivity index (χ2v) is 11.3. The van der Waals surface area contributed by atoms with Gasteiger partial charge in [-0.25, -0.2) is 0 Å². The molecule has 0 aromatic heterocycles. The normalized spacial score (nSPS) is 11.8. The maximum absolute atomic E-state index is 5.98. The zero-order valence-electron chi connectivity index (χ0n) is 7.57. The van der Waals surface area contributed by atoms with Crippen molar-refractivity contribution in [2.24, 2.45) is 0 Å². The molecule has 13 heavy (non-hydrogen) atoms. The monoisotopic (exact) mass is 252 g/mol. The molecule has 0 amide bonds. The molecule has 0 atom stereocenters. The predicted molar refractivity (Wildman–Crippen MR) is 63.5 cm³/mol. The second-order valence-electron chi connectivity index (χ2n) is 2.95. The van der Waals surface area contributed by atoms with Crippen LogP contribution in [0, 0.1) is 6.92 Å². The zero-order chi connectivity index (χ0) is 10.1. The van der Waals surface area contributed by atoms with E-state index in [4.69, 9.17) is 33.2 Å². The average molecular weight is 254 g/mol. The van der Waals surface area contributed by atoms with Gasteiger partial charge in [0, 0.05) is 0 Å². The van der Waals surface area contributed by atoms with Gasteiger partial charge in [0.2, 0.25) is 0 Å². The van der Waals surface area contributed by atoms with Crippen molar-refractivity contribution in [1.82, 2.24) is 0 Å². The average Bonchev–Trinajstić information content (AvgIpc) is 2.02. The Morgan fingerprint density at radius 3 is 2.23 bits per heavy atom.